The molecule has 0 bridgehead atoms. The summed E-state index contributed by atoms with van der Waals surface area (Å²) in [7, 11) is 1.66. The van der Waals surface area contributed by atoms with E-state index in [-0.39, 0.29) is 18.4 Å². The lowest BCUT2D eigenvalue weighted by molar-refractivity contribution is -0.126. The Labute approximate surface area is 149 Å². The Morgan fingerprint density at radius 1 is 1.04 bits per heavy atom. The SMILES string of the molecule is CCCNC(=O)CNC(=O)CN1CCN(c2ccc(OC)cc2)CC1. The predicted octanol–water partition coefficient (Wildman–Crippen LogP) is 0.460. The van der Waals surface area contributed by atoms with Gasteiger partial charge in [-0.25, -0.2) is 0 Å². The molecule has 2 rings (SSSR count). The van der Waals surface area contributed by atoms with E-state index >= 15 is 0 Å². The van der Waals surface area contributed by atoms with Gasteiger partial charge in [-0.1, -0.05) is 6.92 Å². The van der Waals surface area contributed by atoms with Crippen molar-refractivity contribution in [2.75, 3.05) is 57.8 Å². The van der Waals surface area contributed by atoms with E-state index in [1.165, 1.54) is 0 Å². The maximum atomic E-state index is 12.0. The Kier molecular flexibility index (Phi) is 7.53. The van der Waals surface area contributed by atoms with Crippen LogP contribution in [0.4, 0.5) is 5.69 Å². The Morgan fingerprint density at radius 3 is 2.32 bits per heavy atom. The summed E-state index contributed by atoms with van der Waals surface area (Å²) in [5.41, 5.74) is 1.16. The Hall–Kier alpha value is -2.28. The van der Waals surface area contributed by atoms with E-state index in [1.54, 1.807) is 7.11 Å². The van der Waals surface area contributed by atoms with Crippen LogP contribution in [0.2, 0.25) is 0 Å². The second-order valence-electron chi connectivity index (χ2n) is 6.09. The second-order valence-corrected chi connectivity index (χ2v) is 6.09. The van der Waals surface area contributed by atoms with Crippen LogP contribution in [0.5, 0.6) is 5.75 Å². The number of piperazine rings is 1. The normalized spacial score (nSPS) is 14.9. The van der Waals surface area contributed by atoms with Gasteiger partial charge in [-0.15, -0.1) is 0 Å². The van der Waals surface area contributed by atoms with Crippen LogP contribution >= 0.6 is 0 Å². The number of benzene rings is 1. The molecule has 1 aromatic carbocycles. The summed E-state index contributed by atoms with van der Waals surface area (Å²) in [4.78, 5) is 27.8. The van der Waals surface area contributed by atoms with Gasteiger partial charge in [0.1, 0.15) is 5.75 Å². The van der Waals surface area contributed by atoms with E-state index in [0.717, 1.165) is 44.0 Å². The number of hydrogen-bond acceptors (Lipinski definition) is 5. The number of amides is 2. The molecule has 1 aliphatic rings. The van der Waals surface area contributed by atoms with Crippen LogP contribution in [0.25, 0.3) is 0 Å². The number of nitrogens with one attached hydrogen (secondary N) is 2. The van der Waals surface area contributed by atoms with Crippen LogP contribution in [0.15, 0.2) is 24.3 Å². The van der Waals surface area contributed by atoms with Gasteiger partial charge in [-0.05, 0) is 30.7 Å². The molecule has 1 aromatic rings. The van der Waals surface area contributed by atoms with Crippen molar-refractivity contribution in [3.8, 4) is 5.75 Å². The number of anilines is 1. The molecule has 0 aliphatic carbocycles. The van der Waals surface area contributed by atoms with Crippen LogP contribution in [-0.2, 0) is 9.59 Å². The molecule has 138 valence electrons. The van der Waals surface area contributed by atoms with Crippen LogP contribution < -0.4 is 20.3 Å². The maximum Gasteiger partial charge on any atom is 0.239 e. The molecular formula is C18H28N4O3. The van der Waals surface area contributed by atoms with Gasteiger partial charge in [-0.2, -0.15) is 0 Å². The highest BCUT2D eigenvalue weighted by atomic mass is 16.5. The first-order valence-electron chi connectivity index (χ1n) is 8.77. The van der Waals surface area contributed by atoms with Crippen LogP contribution in [0.3, 0.4) is 0 Å². The first kappa shape index (κ1) is 19.1. The van der Waals surface area contributed by atoms with Crippen molar-refractivity contribution in [1.29, 1.82) is 0 Å². The zero-order valence-corrected chi connectivity index (χ0v) is 15.1. The van der Waals surface area contributed by atoms with E-state index in [0.29, 0.717) is 13.1 Å². The minimum Gasteiger partial charge on any atom is -0.497 e. The molecule has 0 radical (unpaired) electrons. The largest absolute Gasteiger partial charge is 0.497 e. The van der Waals surface area contributed by atoms with Gasteiger partial charge in [0.2, 0.25) is 11.8 Å². The van der Waals surface area contributed by atoms with Crippen molar-refractivity contribution in [3.05, 3.63) is 24.3 Å². The average Bonchev–Trinajstić information content (AvgIpc) is 2.65. The summed E-state index contributed by atoms with van der Waals surface area (Å²) < 4.78 is 5.18. The van der Waals surface area contributed by atoms with Crippen LogP contribution in [0, 0.1) is 0 Å². The van der Waals surface area contributed by atoms with Gasteiger partial charge in [0, 0.05) is 38.4 Å². The number of carbonyl (C=O) groups excluding carboxylic acids is 2. The van der Waals surface area contributed by atoms with Crippen LogP contribution in [-0.4, -0.2) is 69.6 Å². The molecule has 2 N–H and O–H groups in total. The Bertz CT molecular complexity index is 554. The minimum atomic E-state index is -0.139. The van der Waals surface area contributed by atoms with Crippen molar-refractivity contribution in [2.45, 2.75) is 13.3 Å². The maximum absolute atomic E-state index is 12.0. The number of methoxy groups -OCH3 is 1. The lowest BCUT2D eigenvalue weighted by Gasteiger charge is -2.35. The first-order chi connectivity index (χ1) is 12.1. The summed E-state index contributed by atoms with van der Waals surface area (Å²) in [6, 6.07) is 8.02. The standard InChI is InChI=1S/C18H28N4O3/c1-3-8-19-17(23)13-20-18(24)14-21-9-11-22(12-10-21)15-4-6-16(25-2)7-5-15/h4-7H,3,8-14H2,1-2H3,(H,19,23)(H,20,24). The fourth-order valence-corrected chi connectivity index (χ4v) is 2.72. The fraction of sp³-hybridized carbons (Fsp3) is 0.556. The Morgan fingerprint density at radius 2 is 1.72 bits per heavy atom. The highest BCUT2D eigenvalue weighted by Gasteiger charge is 2.19. The second kappa shape index (κ2) is 9.88. The molecule has 25 heavy (non-hydrogen) atoms. The number of carbonyl (C=O) groups is 2. The van der Waals surface area contributed by atoms with Crippen molar-refractivity contribution in [3.63, 3.8) is 0 Å². The lowest BCUT2D eigenvalue weighted by atomic mass is 10.2. The molecular weight excluding hydrogens is 320 g/mol. The average molecular weight is 348 g/mol. The third kappa shape index (κ3) is 6.26. The lowest BCUT2D eigenvalue weighted by Crippen LogP contribution is -2.50. The summed E-state index contributed by atoms with van der Waals surface area (Å²) >= 11 is 0. The third-order valence-corrected chi connectivity index (χ3v) is 4.20. The van der Waals surface area contributed by atoms with Crippen molar-refractivity contribution < 1.29 is 14.3 Å². The molecule has 2 amide bonds. The molecule has 1 heterocycles. The third-order valence-electron chi connectivity index (χ3n) is 4.20. The molecule has 0 spiro atoms. The highest BCUT2D eigenvalue weighted by molar-refractivity contribution is 5.85. The monoisotopic (exact) mass is 348 g/mol. The van der Waals surface area contributed by atoms with Crippen molar-refractivity contribution in [1.82, 2.24) is 15.5 Å². The molecule has 0 saturated carbocycles. The molecule has 0 atom stereocenters. The quantitative estimate of drug-likeness (QED) is 0.714. The summed E-state index contributed by atoms with van der Waals surface area (Å²) in [5.74, 6) is 0.603. The van der Waals surface area contributed by atoms with E-state index in [4.69, 9.17) is 4.74 Å². The number of hydrogen-bond donors (Lipinski definition) is 2. The summed E-state index contributed by atoms with van der Waals surface area (Å²) in [6.45, 7) is 6.39. The van der Waals surface area contributed by atoms with Crippen molar-refractivity contribution >= 4 is 17.5 Å². The van der Waals surface area contributed by atoms with E-state index in [9.17, 15) is 9.59 Å². The van der Waals surface area contributed by atoms with Gasteiger partial charge < -0.3 is 20.3 Å². The molecule has 1 aliphatic heterocycles. The van der Waals surface area contributed by atoms with Gasteiger partial charge in [-0.3, -0.25) is 14.5 Å². The predicted molar refractivity (Wildman–Crippen MR) is 98.0 cm³/mol. The van der Waals surface area contributed by atoms with Crippen LogP contribution in [0.1, 0.15) is 13.3 Å². The number of rotatable bonds is 8. The molecule has 1 fully saturated rings. The molecule has 7 nitrogen and oxygen atoms in total. The fourth-order valence-electron chi connectivity index (χ4n) is 2.72. The molecule has 0 aromatic heterocycles. The topological polar surface area (TPSA) is 73.9 Å². The summed E-state index contributed by atoms with van der Waals surface area (Å²) in [5, 5.41) is 5.41. The Balaban J connectivity index is 1.69. The minimum absolute atomic E-state index is 0.0463. The number of ether oxygens (including phenoxy) is 1. The van der Waals surface area contributed by atoms with E-state index < -0.39 is 0 Å². The van der Waals surface area contributed by atoms with Gasteiger partial charge >= 0.3 is 0 Å². The van der Waals surface area contributed by atoms with Gasteiger partial charge in [0.25, 0.3) is 0 Å². The molecule has 0 unspecified atom stereocenters. The zero-order chi connectivity index (χ0) is 18.1. The summed E-state index contributed by atoms with van der Waals surface area (Å²) in [6.07, 6.45) is 0.887. The van der Waals surface area contributed by atoms with E-state index in [2.05, 4.69) is 32.6 Å². The smallest absolute Gasteiger partial charge is 0.239 e. The van der Waals surface area contributed by atoms with Gasteiger partial charge in [0.05, 0.1) is 20.2 Å². The molecule has 7 heteroatoms. The zero-order valence-electron chi connectivity index (χ0n) is 15.1. The van der Waals surface area contributed by atoms with Crippen molar-refractivity contribution in [2.24, 2.45) is 0 Å². The van der Waals surface area contributed by atoms with E-state index in [1.807, 2.05) is 19.1 Å². The first-order valence-corrected chi connectivity index (χ1v) is 8.77. The highest BCUT2D eigenvalue weighted by Crippen LogP contribution is 2.20. The number of nitrogens with zero attached hydrogens (tertiary/aromatic N) is 2. The molecule has 1 saturated heterocycles. The van der Waals surface area contributed by atoms with Gasteiger partial charge in [0.15, 0.2) is 0 Å².